The fourth-order valence-electron chi connectivity index (χ4n) is 2.52. The van der Waals surface area contributed by atoms with E-state index in [2.05, 4.69) is 10.4 Å². The predicted octanol–water partition coefficient (Wildman–Crippen LogP) is 2.59. The van der Waals surface area contributed by atoms with Gasteiger partial charge in [0, 0.05) is 13.6 Å². The number of methoxy groups -OCH3 is 1. The van der Waals surface area contributed by atoms with E-state index >= 15 is 0 Å². The van der Waals surface area contributed by atoms with Crippen LogP contribution >= 0.6 is 0 Å². The molecule has 1 aromatic heterocycles. The normalized spacial score (nSPS) is 10.9. The molecular weight excluding hydrogens is 306 g/mol. The van der Waals surface area contributed by atoms with E-state index in [1.165, 1.54) is 7.11 Å². The van der Waals surface area contributed by atoms with Gasteiger partial charge in [-0.2, -0.15) is 5.10 Å². The third-order valence-electron chi connectivity index (χ3n) is 3.72. The number of hydrogen-bond donors (Lipinski definition) is 1. The minimum absolute atomic E-state index is 0.162. The maximum absolute atomic E-state index is 12.5. The first kappa shape index (κ1) is 18.0. The molecule has 2 rings (SSSR count). The van der Waals surface area contributed by atoms with Crippen molar-refractivity contribution < 1.29 is 14.3 Å². The van der Waals surface area contributed by atoms with Crippen LogP contribution in [-0.4, -0.2) is 28.9 Å². The highest BCUT2D eigenvalue weighted by Gasteiger charge is 2.21. The highest BCUT2D eigenvalue weighted by atomic mass is 16.5. The summed E-state index contributed by atoms with van der Waals surface area (Å²) < 4.78 is 12.5. The van der Waals surface area contributed by atoms with Gasteiger partial charge in [0.2, 0.25) is 5.88 Å². The molecule has 1 aromatic carbocycles. The van der Waals surface area contributed by atoms with Gasteiger partial charge < -0.3 is 14.8 Å². The molecule has 1 N–H and O–H groups in total. The number of nitrogens with zero attached hydrogens (tertiary/aromatic N) is 2. The fraction of sp³-hybridized carbons (Fsp3) is 0.444. The van der Waals surface area contributed by atoms with Crippen molar-refractivity contribution in [3.05, 3.63) is 46.6 Å². The Bertz CT molecular complexity index is 708. The molecule has 0 saturated carbocycles. The van der Waals surface area contributed by atoms with Crippen molar-refractivity contribution in [2.45, 2.75) is 40.0 Å². The van der Waals surface area contributed by atoms with Crippen molar-refractivity contribution >= 4 is 5.91 Å². The van der Waals surface area contributed by atoms with Gasteiger partial charge in [0.15, 0.2) is 0 Å². The van der Waals surface area contributed by atoms with Crippen LogP contribution in [0.1, 0.15) is 41.0 Å². The molecule has 1 heterocycles. The van der Waals surface area contributed by atoms with Gasteiger partial charge in [0.25, 0.3) is 5.91 Å². The molecule has 0 aliphatic heterocycles. The molecule has 1 amide bonds. The standard InChI is InChI=1S/C18H25N3O3/c1-12(2)24-11-15-9-7-6-8-14(15)10-19-17(22)16-13(3)20-21(4)18(16)23-5/h6-9,12H,10-11H2,1-5H3,(H,19,22). The molecule has 0 aliphatic rings. The van der Waals surface area contributed by atoms with E-state index in [1.807, 2.05) is 38.1 Å². The van der Waals surface area contributed by atoms with Gasteiger partial charge in [-0.15, -0.1) is 0 Å². The molecule has 130 valence electrons. The first-order valence-corrected chi connectivity index (χ1v) is 7.98. The number of carbonyl (C=O) groups is 1. The second-order valence-electron chi connectivity index (χ2n) is 5.90. The first-order chi connectivity index (χ1) is 11.4. The fourth-order valence-corrected chi connectivity index (χ4v) is 2.52. The molecule has 0 saturated heterocycles. The Morgan fingerprint density at radius 2 is 1.96 bits per heavy atom. The SMILES string of the molecule is COc1c(C(=O)NCc2ccccc2COC(C)C)c(C)nn1C. The van der Waals surface area contributed by atoms with Crippen LogP contribution < -0.4 is 10.1 Å². The third-order valence-corrected chi connectivity index (χ3v) is 3.72. The molecule has 0 spiro atoms. The monoisotopic (exact) mass is 331 g/mol. The number of rotatable bonds is 7. The van der Waals surface area contributed by atoms with Crippen LogP contribution in [0.2, 0.25) is 0 Å². The molecule has 2 aromatic rings. The van der Waals surface area contributed by atoms with Gasteiger partial charge in [-0.1, -0.05) is 24.3 Å². The van der Waals surface area contributed by atoms with Crippen molar-refractivity contribution in [1.29, 1.82) is 0 Å². The van der Waals surface area contributed by atoms with E-state index in [4.69, 9.17) is 9.47 Å². The van der Waals surface area contributed by atoms with E-state index in [0.717, 1.165) is 11.1 Å². The molecule has 0 radical (unpaired) electrons. The summed E-state index contributed by atoms with van der Waals surface area (Å²) in [5.41, 5.74) is 3.22. The molecule has 24 heavy (non-hydrogen) atoms. The second kappa shape index (κ2) is 7.97. The molecule has 6 heteroatoms. The van der Waals surface area contributed by atoms with Crippen LogP contribution in [0.3, 0.4) is 0 Å². The Morgan fingerprint density at radius 3 is 2.58 bits per heavy atom. The van der Waals surface area contributed by atoms with Crippen molar-refractivity contribution in [3.8, 4) is 5.88 Å². The summed E-state index contributed by atoms with van der Waals surface area (Å²) in [5.74, 6) is 0.262. The Labute approximate surface area is 142 Å². The van der Waals surface area contributed by atoms with Gasteiger partial charge >= 0.3 is 0 Å². The van der Waals surface area contributed by atoms with Crippen LogP contribution in [0, 0.1) is 6.92 Å². The Morgan fingerprint density at radius 1 is 1.29 bits per heavy atom. The lowest BCUT2D eigenvalue weighted by molar-refractivity contribution is 0.0651. The summed E-state index contributed by atoms with van der Waals surface area (Å²) in [5, 5.41) is 7.18. The number of hydrogen-bond acceptors (Lipinski definition) is 4. The molecule has 0 unspecified atom stereocenters. The van der Waals surface area contributed by atoms with Crippen molar-refractivity contribution in [2.75, 3.05) is 7.11 Å². The Balaban J connectivity index is 2.10. The van der Waals surface area contributed by atoms with Crippen LogP contribution in [-0.2, 0) is 24.9 Å². The average Bonchev–Trinajstić information content (AvgIpc) is 2.84. The quantitative estimate of drug-likeness (QED) is 0.847. The molecular formula is C18H25N3O3. The summed E-state index contributed by atoms with van der Waals surface area (Å²) in [7, 11) is 3.28. The zero-order valence-corrected chi connectivity index (χ0v) is 14.9. The second-order valence-corrected chi connectivity index (χ2v) is 5.90. The van der Waals surface area contributed by atoms with E-state index in [-0.39, 0.29) is 12.0 Å². The van der Waals surface area contributed by atoms with Crippen LogP contribution in [0.25, 0.3) is 0 Å². The van der Waals surface area contributed by atoms with Crippen LogP contribution in [0.15, 0.2) is 24.3 Å². The number of aryl methyl sites for hydroxylation is 2. The summed E-state index contributed by atoms with van der Waals surface area (Å²) in [6.45, 7) is 6.75. The van der Waals surface area contributed by atoms with Gasteiger partial charge in [-0.3, -0.25) is 4.79 Å². The van der Waals surface area contributed by atoms with E-state index in [1.54, 1.807) is 18.7 Å². The van der Waals surface area contributed by atoms with Crippen molar-refractivity contribution in [1.82, 2.24) is 15.1 Å². The number of aromatic nitrogens is 2. The zero-order chi connectivity index (χ0) is 17.7. The van der Waals surface area contributed by atoms with E-state index < -0.39 is 0 Å². The summed E-state index contributed by atoms with van der Waals surface area (Å²) >= 11 is 0. The zero-order valence-electron chi connectivity index (χ0n) is 14.9. The lowest BCUT2D eigenvalue weighted by Crippen LogP contribution is -2.24. The number of carbonyl (C=O) groups excluding carboxylic acids is 1. The van der Waals surface area contributed by atoms with Crippen molar-refractivity contribution in [2.24, 2.45) is 7.05 Å². The van der Waals surface area contributed by atoms with E-state index in [0.29, 0.717) is 30.3 Å². The largest absolute Gasteiger partial charge is 0.481 e. The highest BCUT2D eigenvalue weighted by Crippen LogP contribution is 2.21. The maximum atomic E-state index is 12.5. The van der Waals surface area contributed by atoms with Crippen molar-refractivity contribution in [3.63, 3.8) is 0 Å². The third kappa shape index (κ3) is 4.14. The van der Waals surface area contributed by atoms with Crippen LogP contribution in [0.5, 0.6) is 5.88 Å². The summed E-state index contributed by atoms with van der Waals surface area (Å²) in [4.78, 5) is 12.5. The molecule has 0 bridgehead atoms. The number of nitrogens with one attached hydrogen (secondary N) is 1. The van der Waals surface area contributed by atoms with Gasteiger partial charge in [0.1, 0.15) is 5.56 Å². The average molecular weight is 331 g/mol. The Kier molecular flexibility index (Phi) is 5.98. The molecule has 0 atom stereocenters. The maximum Gasteiger partial charge on any atom is 0.258 e. The van der Waals surface area contributed by atoms with Crippen LogP contribution in [0.4, 0.5) is 0 Å². The van der Waals surface area contributed by atoms with E-state index in [9.17, 15) is 4.79 Å². The Hall–Kier alpha value is -2.34. The lowest BCUT2D eigenvalue weighted by atomic mass is 10.1. The molecule has 6 nitrogen and oxygen atoms in total. The van der Waals surface area contributed by atoms with Gasteiger partial charge in [-0.25, -0.2) is 4.68 Å². The van der Waals surface area contributed by atoms with Gasteiger partial charge in [-0.05, 0) is 31.9 Å². The summed E-state index contributed by atoms with van der Waals surface area (Å²) in [6.07, 6.45) is 0.162. The van der Waals surface area contributed by atoms with Gasteiger partial charge in [0.05, 0.1) is 25.5 Å². The first-order valence-electron chi connectivity index (χ1n) is 7.98. The molecule has 0 aliphatic carbocycles. The minimum Gasteiger partial charge on any atom is -0.481 e. The molecule has 0 fully saturated rings. The topological polar surface area (TPSA) is 65.4 Å². The number of ether oxygens (including phenoxy) is 2. The highest BCUT2D eigenvalue weighted by molar-refractivity contribution is 5.97. The minimum atomic E-state index is -0.197. The lowest BCUT2D eigenvalue weighted by Gasteiger charge is -2.13. The number of amides is 1. The predicted molar refractivity (Wildman–Crippen MR) is 92.0 cm³/mol. The number of benzene rings is 1. The smallest absolute Gasteiger partial charge is 0.258 e. The summed E-state index contributed by atoms with van der Waals surface area (Å²) in [6, 6.07) is 7.93.